The molecule has 2 fully saturated rings. The van der Waals surface area contributed by atoms with Crippen LogP contribution in [0.25, 0.3) is 0 Å². The summed E-state index contributed by atoms with van der Waals surface area (Å²) >= 11 is 0. The smallest absolute Gasteiger partial charge is 0.256 e. The molecule has 19 heavy (non-hydrogen) atoms. The van der Waals surface area contributed by atoms with Crippen LogP contribution in [0.4, 0.5) is 0 Å². The fourth-order valence-electron chi connectivity index (χ4n) is 2.35. The Balaban J connectivity index is 1.86. The molecular weight excluding hydrogens is 248 g/mol. The van der Waals surface area contributed by atoms with Gasteiger partial charge in [0.1, 0.15) is 0 Å². The van der Waals surface area contributed by atoms with Crippen LogP contribution in [-0.2, 0) is 19.2 Å². The van der Waals surface area contributed by atoms with Crippen molar-refractivity contribution in [2.75, 3.05) is 13.1 Å². The fourth-order valence-corrected chi connectivity index (χ4v) is 2.35. The Bertz CT molecular complexity index is 483. The Morgan fingerprint density at radius 2 is 1.74 bits per heavy atom. The maximum absolute atomic E-state index is 11.7. The summed E-state index contributed by atoms with van der Waals surface area (Å²) in [6, 6.07) is 0. The third kappa shape index (κ3) is 2.43. The van der Waals surface area contributed by atoms with Gasteiger partial charge in [-0.1, -0.05) is 13.5 Å². The molecule has 1 atom stereocenters. The lowest BCUT2D eigenvalue weighted by molar-refractivity contribution is -0.139. The molecule has 1 unspecified atom stereocenters. The standard InChI is InChI=1S/C13H16N2O4/c1-8-6-10(16)14(12(8)18)4-3-5-15-11(17)7-9(2)13(15)19/h9H,1,3-7H2,2H3. The van der Waals surface area contributed by atoms with Crippen LogP contribution in [0.15, 0.2) is 12.2 Å². The average Bonchev–Trinajstić information content (AvgIpc) is 2.72. The molecule has 0 aromatic carbocycles. The quantitative estimate of drug-likeness (QED) is 0.532. The second-order valence-electron chi connectivity index (χ2n) is 4.97. The zero-order valence-corrected chi connectivity index (χ0v) is 10.8. The van der Waals surface area contributed by atoms with Crippen molar-refractivity contribution in [3.05, 3.63) is 12.2 Å². The molecule has 2 saturated heterocycles. The van der Waals surface area contributed by atoms with E-state index in [1.165, 1.54) is 4.90 Å². The van der Waals surface area contributed by atoms with E-state index >= 15 is 0 Å². The van der Waals surface area contributed by atoms with Crippen LogP contribution in [0.2, 0.25) is 0 Å². The second kappa shape index (κ2) is 4.95. The van der Waals surface area contributed by atoms with Gasteiger partial charge in [0.15, 0.2) is 0 Å². The van der Waals surface area contributed by atoms with E-state index in [1.54, 1.807) is 6.92 Å². The van der Waals surface area contributed by atoms with E-state index in [2.05, 4.69) is 6.58 Å². The van der Waals surface area contributed by atoms with Crippen molar-refractivity contribution >= 4 is 23.6 Å². The Morgan fingerprint density at radius 3 is 2.21 bits per heavy atom. The number of hydrogen-bond acceptors (Lipinski definition) is 4. The van der Waals surface area contributed by atoms with Crippen molar-refractivity contribution < 1.29 is 19.2 Å². The molecule has 2 rings (SSSR count). The summed E-state index contributed by atoms with van der Waals surface area (Å²) in [6.45, 7) is 5.72. The van der Waals surface area contributed by atoms with Crippen molar-refractivity contribution in [2.45, 2.75) is 26.2 Å². The molecule has 6 nitrogen and oxygen atoms in total. The van der Waals surface area contributed by atoms with E-state index in [0.29, 0.717) is 12.0 Å². The fraction of sp³-hybridized carbons (Fsp3) is 0.538. The van der Waals surface area contributed by atoms with Gasteiger partial charge >= 0.3 is 0 Å². The van der Waals surface area contributed by atoms with Gasteiger partial charge in [-0.25, -0.2) is 0 Å². The number of amides is 4. The lowest BCUT2D eigenvalue weighted by Crippen LogP contribution is -2.35. The Labute approximate surface area is 111 Å². The highest BCUT2D eigenvalue weighted by Gasteiger charge is 2.36. The van der Waals surface area contributed by atoms with Crippen LogP contribution >= 0.6 is 0 Å². The molecule has 0 radical (unpaired) electrons. The molecule has 0 spiro atoms. The van der Waals surface area contributed by atoms with Gasteiger partial charge in [0.05, 0.1) is 6.42 Å². The molecular formula is C13H16N2O4. The largest absolute Gasteiger partial charge is 0.282 e. The number of carbonyl (C=O) groups excluding carboxylic acids is 4. The van der Waals surface area contributed by atoms with Gasteiger partial charge in [0.2, 0.25) is 17.7 Å². The first-order valence-electron chi connectivity index (χ1n) is 6.28. The molecule has 0 saturated carbocycles. The lowest BCUT2D eigenvalue weighted by atomic mass is 10.1. The first kappa shape index (κ1) is 13.5. The number of nitrogens with zero attached hydrogens (tertiary/aromatic N) is 2. The molecule has 0 bridgehead atoms. The van der Waals surface area contributed by atoms with E-state index in [1.807, 2.05) is 0 Å². The normalized spacial score (nSPS) is 24.1. The first-order valence-corrected chi connectivity index (χ1v) is 6.28. The molecule has 102 valence electrons. The Morgan fingerprint density at radius 1 is 1.11 bits per heavy atom. The van der Waals surface area contributed by atoms with Crippen molar-refractivity contribution in [3.63, 3.8) is 0 Å². The monoisotopic (exact) mass is 264 g/mol. The SMILES string of the molecule is C=C1CC(=O)N(CCCN2C(=O)CC(C)C2=O)C1=O. The third-order valence-corrected chi connectivity index (χ3v) is 3.45. The van der Waals surface area contributed by atoms with Gasteiger partial charge in [0.25, 0.3) is 5.91 Å². The summed E-state index contributed by atoms with van der Waals surface area (Å²) in [4.78, 5) is 48.6. The predicted molar refractivity (Wildman–Crippen MR) is 65.6 cm³/mol. The lowest BCUT2D eigenvalue weighted by Gasteiger charge is -2.17. The van der Waals surface area contributed by atoms with Crippen molar-refractivity contribution in [1.29, 1.82) is 0 Å². The molecule has 2 aliphatic rings. The second-order valence-corrected chi connectivity index (χ2v) is 4.97. The molecule has 6 heteroatoms. The van der Waals surface area contributed by atoms with Crippen molar-refractivity contribution in [3.8, 4) is 0 Å². The molecule has 2 aliphatic heterocycles. The van der Waals surface area contributed by atoms with E-state index in [4.69, 9.17) is 0 Å². The number of rotatable bonds is 4. The predicted octanol–water partition coefficient (Wildman–Crippen LogP) is 0.0866. The van der Waals surface area contributed by atoms with Gasteiger partial charge < -0.3 is 0 Å². The minimum absolute atomic E-state index is 0.0669. The number of carbonyl (C=O) groups is 4. The Hall–Kier alpha value is -1.98. The zero-order valence-electron chi connectivity index (χ0n) is 10.8. The summed E-state index contributed by atoms with van der Waals surface area (Å²) < 4.78 is 0. The van der Waals surface area contributed by atoms with Crippen LogP contribution in [-0.4, -0.2) is 46.5 Å². The Kier molecular flexibility index (Phi) is 3.50. The highest BCUT2D eigenvalue weighted by molar-refractivity contribution is 6.12. The van der Waals surface area contributed by atoms with Crippen LogP contribution in [0.1, 0.15) is 26.2 Å². The summed E-state index contributed by atoms with van der Waals surface area (Å²) in [5, 5.41) is 0. The summed E-state index contributed by atoms with van der Waals surface area (Å²) in [5.74, 6) is -1.23. The van der Waals surface area contributed by atoms with E-state index in [9.17, 15) is 19.2 Å². The minimum Gasteiger partial charge on any atom is -0.282 e. The van der Waals surface area contributed by atoms with Crippen LogP contribution in [0.3, 0.4) is 0 Å². The van der Waals surface area contributed by atoms with Gasteiger partial charge in [0, 0.05) is 31.0 Å². The topological polar surface area (TPSA) is 74.8 Å². The molecule has 4 amide bonds. The van der Waals surface area contributed by atoms with Gasteiger partial charge in [-0.05, 0) is 6.42 Å². The number of likely N-dealkylation sites (tertiary alicyclic amines) is 2. The zero-order chi connectivity index (χ0) is 14.2. The summed E-state index contributed by atoms with van der Waals surface area (Å²) in [7, 11) is 0. The molecule has 0 aromatic heterocycles. The maximum Gasteiger partial charge on any atom is 0.256 e. The molecule has 0 aliphatic carbocycles. The number of hydrogen-bond donors (Lipinski definition) is 0. The van der Waals surface area contributed by atoms with Crippen LogP contribution in [0, 0.1) is 5.92 Å². The average molecular weight is 264 g/mol. The van der Waals surface area contributed by atoms with Gasteiger partial charge in [-0.3, -0.25) is 29.0 Å². The highest BCUT2D eigenvalue weighted by atomic mass is 16.2. The van der Waals surface area contributed by atoms with Crippen molar-refractivity contribution in [2.24, 2.45) is 5.92 Å². The molecule has 0 N–H and O–H groups in total. The van der Waals surface area contributed by atoms with Crippen molar-refractivity contribution in [1.82, 2.24) is 9.80 Å². The van der Waals surface area contributed by atoms with E-state index in [-0.39, 0.29) is 55.5 Å². The van der Waals surface area contributed by atoms with Crippen LogP contribution in [0.5, 0.6) is 0 Å². The van der Waals surface area contributed by atoms with E-state index < -0.39 is 0 Å². The summed E-state index contributed by atoms with van der Waals surface area (Å²) in [5.41, 5.74) is 0.298. The minimum atomic E-state index is -0.350. The first-order chi connectivity index (χ1) is 8.91. The third-order valence-electron chi connectivity index (χ3n) is 3.45. The highest BCUT2D eigenvalue weighted by Crippen LogP contribution is 2.20. The molecule has 0 aromatic rings. The summed E-state index contributed by atoms with van der Waals surface area (Å²) in [6.07, 6.45) is 0.726. The molecule has 2 heterocycles. The maximum atomic E-state index is 11.7. The van der Waals surface area contributed by atoms with Gasteiger partial charge in [-0.15, -0.1) is 0 Å². The number of imide groups is 2. The van der Waals surface area contributed by atoms with Crippen LogP contribution < -0.4 is 0 Å². The van der Waals surface area contributed by atoms with Gasteiger partial charge in [-0.2, -0.15) is 0 Å². The van der Waals surface area contributed by atoms with E-state index in [0.717, 1.165) is 4.90 Å².